The van der Waals surface area contributed by atoms with E-state index in [2.05, 4.69) is 35.1 Å². The highest BCUT2D eigenvalue weighted by Crippen LogP contribution is 2.41. The molecule has 5 rings (SSSR count). The highest BCUT2D eigenvalue weighted by molar-refractivity contribution is 7.15. The first kappa shape index (κ1) is 20.9. The SMILES string of the molecule is CCCCCN1CCN(c2ncnc3c(-c4nc(C)c(C)s4)c4n(c23)CCCC4)CC1. The molecule has 166 valence electrons. The first-order valence-corrected chi connectivity index (χ1v) is 12.8. The minimum absolute atomic E-state index is 1.05. The third-order valence-corrected chi connectivity index (χ3v) is 8.05. The molecule has 2 aliphatic rings. The van der Waals surface area contributed by atoms with Crippen LogP contribution in [0.1, 0.15) is 55.3 Å². The van der Waals surface area contributed by atoms with Crippen LogP contribution >= 0.6 is 11.3 Å². The average molecular weight is 439 g/mol. The Kier molecular flexibility index (Phi) is 5.97. The van der Waals surface area contributed by atoms with E-state index in [1.807, 2.05) is 0 Å². The number of fused-ring (bicyclic) bond motifs is 3. The van der Waals surface area contributed by atoms with Crippen molar-refractivity contribution >= 4 is 28.2 Å². The molecule has 0 amide bonds. The number of thiazole rings is 1. The molecular formula is C24H34N6S. The summed E-state index contributed by atoms with van der Waals surface area (Å²) in [6, 6.07) is 0. The number of hydrogen-bond donors (Lipinski definition) is 0. The van der Waals surface area contributed by atoms with E-state index in [1.54, 1.807) is 17.7 Å². The van der Waals surface area contributed by atoms with Crippen LogP contribution in [0.15, 0.2) is 6.33 Å². The van der Waals surface area contributed by atoms with Crippen LogP contribution in [0.5, 0.6) is 0 Å². The topological polar surface area (TPSA) is 50.1 Å². The molecule has 1 saturated heterocycles. The maximum atomic E-state index is 4.92. The fourth-order valence-electron chi connectivity index (χ4n) is 5.08. The van der Waals surface area contributed by atoms with Crippen LogP contribution in [-0.2, 0) is 13.0 Å². The van der Waals surface area contributed by atoms with Crippen molar-refractivity contribution in [1.82, 2.24) is 24.4 Å². The van der Waals surface area contributed by atoms with E-state index in [0.29, 0.717) is 0 Å². The zero-order chi connectivity index (χ0) is 21.4. The number of hydrogen-bond acceptors (Lipinski definition) is 6. The van der Waals surface area contributed by atoms with Crippen molar-refractivity contribution in [3.8, 4) is 10.6 Å². The van der Waals surface area contributed by atoms with Crippen LogP contribution in [0.3, 0.4) is 0 Å². The summed E-state index contributed by atoms with van der Waals surface area (Å²) in [4.78, 5) is 21.0. The molecule has 0 saturated carbocycles. The van der Waals surface area contributed by atoms with Crippen molar-refractivity contribution < 1.29 is 0 Å². The Balaban J connectivity index is 1.51. The van der Waals surface area contributed by atoms with Gasteiger partial charge in [0.2, 0.25) is 0 Å². The van der Waals surface area contributed by atoms with Gasteiger partial charge in [0.25, 0.3) is 0 Å². The number of piperazine rings is 1. The molecular weight excluding hydrogens is 404 g/mol. The van der Waals surface area contributed by atoms with Gasteiger partial charge in [0.1, 0.15) is 22.4 Å². The second-order valence-electron chi connectivity index (χ2n) is 9.02. The van der Waals surface area contributed by atoms with Crippen molar-refractivity contribution in [1.29, 1.82) is 0 Å². The number of rotatable bonds is 6. The molecule has 5 heterocycles. The van der Waals surface area contributed by atoms with Crippen molar-refractivity contribution in [3.63, 3.8) is 0 Å². The van der Waals surface area contributed by atoms with Gasteiger partial charge in [-0.3, -0.25) is 4.90 Å². The summed E-state index contributed by atoms with van der Waals surface area (Å²) < 4.78 is 2.52. The third-order valence-electron chi connectivity index (χ3n) is 6.96. The first-order valence-electron chi connectivity index (χ1n) is 11.9. The number of aryl methyl sites for hydroxylation is 3. The molecule has 7 heteroatoms. The number of aromatic nitrogens is 4. The van der Waals surface area contributed by atoms with Crippen molar-refractivity contribution in [2.45, 2.75) is 65.8 Å². The standard InChI is InChI=1S/C24H34N6S/c1-4-5-7-10-28-12-14-29(15-13-28)23-22-21(25-16-26-23)20(19-9-6-8-11-30(19)22)24-27-17(2)18(3)31-24/h16H,4-15H2,1-3H3. The fraction of sp³-hybridized carbons (Fsp3) is 0.625. The number of unbranched alkanes of at least 4 members (excludes halogenated alkanes) is 2. The highest BCUT2D eigenvalue weighted by atomic mass is 32.1. The lowest BCUT2D eigenvalue weighted by molar-refractivity contribution is 0.252. The van der Waals surface area contributed by atoms with Crippen LogP contribution in [0.2, 0.25) is 0 Å². The van der Waals surface area contributed by atoms with Crippen LogP contribution in [-0.4, -0.2) is 57.1 Å². The molecule has 0 N–H and O–H groups in total. The lowest BCUT2D eigenvalue weighted by Gasteiger charge is -2.35. The van der Waals surface area contributed by atoms with Gasteiger partial charge >= 0.3 is 0 Å². The molecule has 1 fully saturated rings. The maximum absolute atomic E-state index is 4.92. The van der Waals surface area contributed by atoms with Gasteiger partial charge in [0.15, 0.2) is 5.82 Å². The summed E-state index contributed by atoms with van der Waals surface area (Å²) in [5.41, 5.74) is 6.14. The lowest BCUT2D eigenvalue weighted by atomic mass is 10.1. The molecule has 0 spiro atoms. The lowest BCUT2D eigenvalue weighted by Crippen LogP contribution is -2.47. The Hall–Kier alpha value is -1.99. The normalized spacial score (nSPS) is 17.5. The van der Waals surface area contributed by atoms with Gasteiger partial charge in [-0.15, -0.1) is 11.3 Å². The predicted molar refractivity (Wildman–Crippen MR) is 129 cm³/mol. The summed E-state index contributed by atoms with van der Waals surface area (Å²) >= 11 is 1.81. The zero-order valence-corrected chi connectivity index (χ0v) is 20.0. The van der Waals surface area contributed by atoms with Crippen LogP contribution in [0.4, 0.5) is 5.82 Å². The Labute approximate surface area is 189 Å². The number of nitrogens with zero attached hydrogens (tertiary/aromatic N) is 6. The van der Waals surface area contributed by atoms with Gasteiger partial charge in [0.05, 0.1) is 11.3 Å². The fourth-order valence-corrected chi connectivity index (χ4v) is 6.06. The van der Waals surface area contributed by atoms with Crippen LogP contribution in [0, 0.1) is 13.8 Å². The predicted octanol–water partition coefficient (Wildman–Crippen LogP) is 4.82. The van der Waals surface area contributed by atoms with E-state index in [9.17, 15) is 0 Å². The molecule has 0 atom stereocenters. The van der Waals surface area contributed by atoms with Gasteiger partial charge in [-0.05, 0) is 46.1 Å². The largest absolute Gasteiger partial charge is 0.352 e. The monoisotopic (exact) mass is 438 g/mol. The summed E-state index contributed by atoms with van der Waals surface area (Å²) in [6.45, 7) is 13.2. The quantitative estimate of drug-likeness (QED) is 0.517. The van der Waals surface area contributed by atoms with Crippen molar-refractivity contribution in [2.24, 2.45) is 0 Å². The molecule has 2 aliphatic heterocycles. The smallest absolute Gasteiger partial charge is 0.156 e. The van der Waals surface area contributed by atoms with Gasteiger partial charge in [-0.25, -0.2) is 15.0 Å². The van der Waals surface area contributed by atoms with Gasteiger partial charge in [-0.1, -0.05) is 19.8 Å². The molecule has 0 unspecified atom stereocenters. The zero-order valence-electron chi connectivity index (χ0n) is 19.2. The maximum Gasteiger partial charge on any atom is 0.156 e. The van der Waals surface area contributed by atoms with Crippen molar-refractivity contribution in [3.05, 3.63) is 22.6 Å². The summed E-state index contributed by atoms with van der Waals surface area (Å²) in [5.74, 6) is 1.12. The van der Waals surface area contributed by atoms with E-state index < -0.39 is 0 Å². The van der Waals surface area contributed by atoms with Gasteiger partial charge < -0.3 is 9.47 Å². The van der Waals surface area contributed by atoms with Gasteiger partial charge in [0, 0.05) is 43.3 Å². The minimum Gasteiger partial charge on any atom is -0.352 e. The molecule has 3 aromatic rings. The highest BCUT2D eigenvalue weighted by Gasteiger charge is 2.29. The van der Waals surface area contributed by atoms with Gasteiger partial charge in [-0.2, -0.15) is 0 Å². The van der Waals surface area contributed by atoms with E-state index in [1.165, 1.54) is 60.3 Å². The first-order chi connectivity index (χ1) is 15.2. The molecule has 31 heavy (non-hydrogen) atoms. The van der Waals surface area contributed by atoms with E-state index >= 15 is 0 Å². The average Bonchev–Trinajstić information content (AvgIpc) is 3.31. The minimum atomic E-state index is 1.05. The third kappa shape index (κ3) is 3.87. The van der Waals surface area contributed by atoms with E-state index in [4.69, 9.17) is 15.0 Å². The Morgan fingerprint density at radius 2 is 1.84 bits per heavy atom. The Morgan fingerprint density at radius 3 is 2.58 bits per heavy atom. The summed E-state index contributed by atoms with van der Waals surface area (Å²) in [6.07, 6.45) is 9.29. The molecule has 6 nitrogen and oxygen atoms in total. The Morgan fingerprint density at radius 1 is 1.00 bits per heavy atom. The molecule has 0 aliphatic carbocycles. The molecule has 0 aromatic carbocycles. The second kappa shape index (κ2) is 8.87. The second-order valence-corrected chi connectivity index (χ2v) is 10.2. The van der Waals surface area contributed by atoms with E-state index in [0.717, 1.165) is 61.2 Å². The van der Waals surface area contributed by atoms with Crippen LogP contribution < -0.4 is 4.90 Å². The molecule has 0 bridgehead atoms. The van der Waals surface area contributed by atoms with Crippen LogP contribution in [0.25, 0.3) is 21.6 Å². The summed E-state index contributed by atoms with van der Waals surface area (Å²) in [5, 5.41) is 1.13. The Bertz CT molecular complexity index is 1040. The van der Waals surface area contributed by atoms with Crippen molar-refractivity contribution in [2.75, 3.05) is 37.6 Å². The van der Waals surface area contributed by atoms with E-state index in [-0.39, 0.29) is 0 Å². The number of anilines is 1. The molecule has 3 aromatic heterocycles. The molecule has 0 radical (unpaired) electrons. The summed E-state index contributed by atoms with van der Waals surface area (Å²) in [7, 11) is 0.